The second-order valence-corrected chi connectivity index (χ2v) is 4.94. The Morgan fingerprint density at radius 1 is 1.12 bits per heavy atom. The molecule has 16 heavy (non-hydrogen) atoms. The average Bonchev–Trinajstić information content (AvgIpc) is 2.77. The van der Waals surface area contributed by atoms with E-state index in [0.29, 0.717) is 5.92 Å². The molecule has 2 atom stereocenters. The molecule has 1 aliphatic carbocycles. The maximum atomic E-state index is 6.07. The van der Waals surface area contributed by atoms with Crippen LogP contribution in [0.5, 0.6) is 11.5 Å². The van der Waals surface area contributed by atoms with Gasteiger partial charge in [0.05, 0.1) is 14.2 Å². The van der Waals surface area contributed by atoms with Gasteiger partial charge in [-0.05, 0) is 23.1 Å². The summed E-state index contributed by atoms with van der Waals surface area (Å²) < 4.78 is 10.5. The summed E-state index contributed by atoms with van der Waals surface area (Å²) in [5.74, 6) is 1.96. The fourth-order valence-electron chi connectivity index (χ4n) is 2.36. The summed E-state index contributed by atoms with van der Waals surface area (Å²) in [6.07, 6.45) is 0. The molecule has 1 aromatic carbocycles. The van der Waals surface area contributed by atoms with Crippen LogP contribution in [0.4, 0.5) is 0 Å². The molecule has 0 saturated heterocycles. The van der Waals surface area contributed by atoms with Crippen molar-refractivity contribution in [1.29, 1.82) is 0 Å². The molecule has 3 nitrogen and oxygen atoms in total. The SMILES string of the molecule is COc1ccc([C@H]2[C@H](N)C2(C)C)cc1OC. The van der Waals surface area contributed by atoms with E-state index in [-0.39, 0.29) is 11.5 Å². The molecule has 1 aliphatic rings. The van der Waals surface area contributed by atoms with Gasteiger partial charge in [0.15, 0.2) is 11.5 Å². The van der Waals surface area contributed by atoms with Crippen molar-refractivity contribution in [3.63, 3.8) is 0 Å². The van der Waals surface area contributed by atoms with Crippen LogP contribution in [-0.4, -0.2) is 20.3 Å². The van der Waals surface area contributed by atoms with E-state index in [1.807, 2.05) is 12.1 Å². The van der Waals surface area contributed by atoms with Gasteiger partial charge in [-0.2, -0.15) is 0 Å². The van der Waals surface area contributed by atoms with Crippen LogP contribution < -0.4 is 15.2 Å². The van der Waals surface area contributed by atoms with Crippen LogP contribution in [0.15, 0.2) is 18.2 Å². The quantitative estimate of drug-likeness (QED) is 0.850. The Hall–Kier alpha value is -1.22. The van der Waals surface area contributed by atoms with Crippen molar-refractivity contribution in [1.82, 2.24) is 0 Å². The number of hydrogen-bond acceptors (Lipinski definition) is 3. The highest BCUT2D eigenvalue weighted by Gasteiger charge is 2.56. The van der Waals surface area contributed by atoms with Gasteiger partial charge >= 0.3 is 0 Å². The largest absolute Gasteiger partial charge is 0.493 e. The zero-order valence-electron chi connectivity index (χ0n) is 10.3. The molecular formula is C13H19NO2. The molecule has 0 aliphatic heterocycles. The highest BCUT2D eigenvalue weighted by molar-refractivity contribution is 5.47. The molecule has 1 saturated carbocycles. The topological polar surface area (TPSA) is 44.5 Å². The van der Waals surface area contributed by atoms with Gasteiger partial charge in [0.1, 0.15) is 0 Å². The Bertz CT molecular complexity index is 401. The fourth-order valence-corrected chi connectivity index (χ4v) is 2.36. The van der Waals surface area contributed by atoms with Crippen LogP contribution in [0.2, 0.25) is 0 Å². The molecule has 2 N–H and O–H groups in total. The van der Waals surface area contributed by atoms with Crippen LogP contribution in [0.3, 0.4) is 0 Å². The minimum absolute atomic E-state index is 0.194. The number of ether oxygens (including phenoxy) is 2. The van der Waals surface area contributed by atoms with Crippen LogP contribution in [-0.2, 0) is 0 Å². The van der Waals surface area contributed by atoms with Crippen molar-refractivity contribution in [2.24, 2.45) is 11.1 Å². The average molecular weight is 221 g/mol. The summed E-state index contributed by atoms with van der Waals surface area (Å²) in [6, 6.07) is 6.28. The van der Waals surface area contributed by atoms with Crippen molar-refractivity contribution in [3.05, 3.63) is 23.8 Å². The third kappa shape index (κ3) is 1.55. The van der Waals surface area contributed by atoms with Crippen molar-refractivity contribution < 1.29 is 9.47 Å². The molecule has 0 aromatic heterocycles. The number of hydrogen-bond donors (Lipinski definition) is 1. The minimum Gasteiger partial charge on any atom is -0.493 e. The fraction of sp³-hybridized carbons (Fsp3) is 0.538. The zero-order valence-corrected chi connectivity index (χ0v) is 10.3. The molecule has 0 bridgehead atoms. The van der Waals surface area contributed by atoms with E-state index in [2.05, 4.69) is 19.9 Å². The predicted molar refractivity (Wildman–Crippen MR) is 64.0 cm³/mol. The molecule has 1 fully saturated rings. The molecule has 2 rings (SSSR count). The first-order chi connectivity index (χ1) is 7.52. The van der Waals surface area contributed by atoms with Crippen LogP contribution in [0, 0.1) is 5.41 Å². The number of methoxy groups -OCH3 is 2. The normalized spacial score (nSPS) is 26.3. The van der Waals surface area contributed by atoms with Gasteiger partial charge in [-0.3, -0.25) is 0 Å². The summed E-state index contributed by atoms with van der Waals surface area (Å²) in [4.78, 5) is 0. The van der Waals surface area contributed by atoms with Crippen LogP contribution in [0.1, 0.15) is 25.3 Å². The highest BCUT2D eigenvalue weighted by atomic mass is 16.5. The first kappa shape index (κ1) is 11.3. The Labute approximate surface area is 96.5 Å². The van der Waals surface area contributed by atoms with Gasteiger partial charge in [-0.15, -0.1) is 0 Å². The van der Waals surface area contributed by atoms with Crippen molar-refractivity contribution in [2.45, 2.75) is 25.8 Å². The van der Waals surface area contributed by atoms with E-state index in [1.54, 1.807) is 14.2 Å². The summed E-state index contributed by atoms with van der Waals surface area (Å²) in [7, 11) is 3.30. The Balaban J connectivity index is 2.31. The van der Waals surface area contributed by atoms with Crippen LogP contribution in [0.25, 0.3) is 0 Å². The predicted octanol–water partition coefficient (Wildman–Crippen LogP) is 2.15. The molecular weight excluding hydrogens is 202 g/mol. The van der Waals surface area contributed by atoms with Crippen LogP contribution >= 0.6 is 0 Å². The molecule has 1 aromatic rings. The van der Waals surface area contributed by atoms with Gasteiger partial charge in [-0.1, -0.05) is 19.9 Å². The standard InChI is InChI=1S/C13H19NO2/c1-13(2)11(12(13)14)8-5-6-9(15-3)10(7-8)16-4/h5-7,11-12H,14H2,1-4H3/t11-,12-/m0/s1. The van der Waals surface area contributed by atoms with Crippen molar-refractivity contribution >= 4 is 0 Å². The van der Waals surface area contributed by atoms with Crippen molar-refractivity contribution in [2.75, 3.05) is 14.2 Å². The highest BCUT2D eigenvalue weighted by Crippen LogP contribution is 2.57. The van der Waals surface area contributed by atoms with Crippen molar-refractivity contribution in [3.8, 4) is 11.5 Å². The summed E-state index contributed by atoms with van der Waals surface area (Å²) in [5.41, 5.74) is 7.49. The molecule has 0 amide bonds. The van der Waals surface area contributed by atoms with E-state index in [4.69, 9.17) is 15.2 Å². The van der Waals surface area contributed by atoms with Gasteiger partial charge in [0.2, 0.25) is 0 Å². The Morgan fingerprint density at radius 2 is 1.69 bits per heavy atom. The van der Waals surface area contributed by atoms with Gasteiger partial charge in [-0.25, -0.2) is 0 Å². The van der Waals surface area contributed by atoms with E-state index >= 15 is 0 Å². The van der Waals surface area contributed by atoms with E-state index in [0.717, 1.165) is 11.5 Å². The lowest BCUT2D eigenvalue weighted by Gasteiger charge is -2.10. The molecule has 0 unspecified atom stereocenters. The summed E-state index contributed by atoms with van der Waals surface area (Å²) in [5, 5.41) is 0. The maximum Gasteiger partial charge on any atom is 0.160 e. The molecule has 0 heterocycles. The molecule has 0 spiro atoms. The Morgan fingerprint density at radius 3 is 2.12 bits per heavy atom. The summed E-state index contributed by atoms with van der Waals surface area (Å²) >= 11 is 0. The number of benzene rings is 1. The van der Waals surface area contributed by atoms with Gasteiger partial charge in [0, 0.05) is 12.0 Å². The molecule has 0 radical (unpaired) electrons. The lowest BCUT2D eigenvalue weighted by Crippen LogP contribution is -2.06. The number of nitrogens with two attached hydrogens (primary N) is 1. The lowest BCUT2D eigenvalue weighted by atomic mass is 10.0. The first-order valence-electron chi connectivity index (χ1n) is 5.50. The third-order valence-electron chi connectivity index (χ3n) is 3.68. The minimum atomic E-state index is 0.194. The third-order valence-corrected chi connectivity index (χ3v) is 3.68. The zero-order chi connectivity index (χ0) is 11.9. The number of rotatable bonds is 3. The van der Waals surface area contributed by atoms with Gasteiger partial charge in [0.25, 0.3) is 0 Å². The second kappa shape index (κ2) is 3.67. The van der Waals surface area contributed by atoms with Gasteiger partial charge < -0.3 is 15.2 Å². The second-order valence-electron chi connectivity index (χ2n) is 4.94. The Kier molecular flexibility index (Phi) is 2.58. The van der Waals surface area contributed by atoms with E-state index in [1.165, 1.54) is 5.56 Å². The van der Waals surface area contributed by atoms with E-state index in [9.17, 15) is 0 Å². The summed E-state index contributed by atoms with van der Waals surface area (Å²) in [6.45, 7) is 4.39. The smallest absolute Gasteiger partial charge is 0.160 e. The maximum absolute atomic E-state index is 6.07. The molecule has 88 valence electrons. The monoisotopic (exact) mass is 221 g/mol. The first-order valence-corrected chi connectivity index (χ1v) is 5.50. The lowest BCUT2D eigenvalue weighted by molar-refractivity contribution is 0.354. The molecule has 3 heteroatoms. The van der Waals surface area contributed by atoms with E-state index < -0.39 is 0 Å².